The Balaban J connectivity index is 4.63. The van der Waals surface area contributed by atoms with Gasteiger partial charge in [-0.2, -0.15) is 0 Å². The standard InChI is InChI=1S/C10H21NO4/c1-9(2,3)14-8(12)7(15-11)10(4,5)13-6/h7H,11H2,1-6H3/t7-/m0/s1. The van der Waals surface area contributed by atoms with E-state index < -0.39 is 23.3 Å². The van der Waals surface area contributed by atoms with Crippen LogP contribution in [-0.2, 0) is 19.1 Å². The molecule has 0 aromatic heterocycles. The van der Waals surface area contributed by atoms with Crippen molar-refractivity contribution in [2.45, 2.75) is 51.9 Å². The van der Waals surface area contributed by atoms with Gasteiger partial charge in [-0.05, 0) is 34.6 Å². The van der Waals surface area contributed by atoms with E-state index in [4.69, 9.17) is 15.4 Å². The smallest absolute Gasteiger partial charge is 0.340 e. The van der Waals surface area contributed by atoms with Gasteiger partial charge in [0.1, 0.15) is 11.2 Å². The summed E-state index contributed by atoms with van der Waals surface area (Å²) in [7, 11) is 1.48. The fourth-order valence-electron chi connectivity index (χ4n) is 0.966. The number of hydrogen-bond acceptors (Lipinski definition) is 5. The first-order valence-electron chi connectivity index (χ1n) is 4.77. The number of nitrogens with two attached hydrogens (primary N) is 1. The van der Waals surface area contributed by atoms with Crippen molar-refractivity contribution in [1.29, 1.82) is 0 Å². The van der Waals surface area contributed by atoms with E-state index in [9.17, 15) is 4.79 Å². The van der Waals surface area contributed by atoms with Crippen molar-refractivity contribution in [3.8, 4) is 0 Å². The van der Waals surface area contributed by atoms with Crippen LogP contribution in [0.15, 0.2) is 0 Å². The van der Waals surface area contributed by atoms with E-state index in [0.717, 1.165) is 0 Å². The Bertz CT molecular complexity index is 220. The molecule has 1 atom stereocenters. The van der Waals surface area contributed by atoms with Gasteiger partial charge in [-0.1, -0.05) is 0 Å². The molecule has 0 saturated carbocycles. The molecule has 5 nitrogen and oxygen atoms in total. The Morgan fingerprint density at radius 3 is 1.93 bits per heavy atom. The molecule has 0 rings (SSSR count). The summed E-state index contributed by atoms with van der Waals surface area (Å²) in [5.74, 6) is 4.54. The lowest BCUT2D eigenvalue weighted by molar-refractivity contribution is -0.188. The van der Waals surface area contributed by atoms with Crippen molar-refractivity contribution in [3.05, 3.63) is 0 Å². The maximum Gasteiger partial charge on any atom is 0.340 e. The Morgan fingerprint density at radius 2 is 1.67 bits per heavy atom. The van der Waals surface area contributed by atoms with Crippen LogP contribution in [0.4, 0.5) is 0 Å². The topological polar surface area (TPSA) is 70.8 Å². The van der Waals surface area contributed by atoms with E-state index in [1.54, 1.807) is 34.6 Å². The summed E-state index contributed by atoms with van der Waals surface area (Å²) in [4.78, 5) is 16.3. The molecule has 0 unspecified atom stereocenters. The summed E-state index contributed by atoms with van der Waals surface area (Å²) in [6.45, 7) is 8.73. The Hall–Kier alpha value is -0.650. The molecule has 15 heavy (non-hydrogen) atoms. The third-order valence-electron chi connectivity index (χ3n) is 1.91. The molecule has 0 aliphatic rings. The van der Waals surface area contributed by atoms with Crippen LogP contribution in [0, 0.1) is 0 Å². The summed E-state index contributed by atoms with van der Waals surface area (Å²) in [5.41, 5.74) is -1.39. The summed E-state index contributed by atoms with van der Waals surface area (Å²) in [5, 5.41) is 0. The second kappa shape index (κ2) is 4.92. The lowest BCUT2D eigenvalue weighted by atomic mass is 10.0. The Labute approximate surface area is 90.8 Å². The number of methoxy groups -OCH3 is 1. The third kappa shape index (κ3) is 4.59. The molecule has 0 saturated heterocycles. The van der Waals surface area contributed by atoms with Crippen LogP contribution in [0.1, 0.15) is 34.6 Å². The lowest BCUT2D eigenvalue weighted by Gasteiger charge is -2.31. The molecular formula is C10H21NO4. The zero-order valence-electron chi connectivity index (χ0n) is 10.3. The van der Waals surface area contributed by atoms with E-state index in [-0.39, 0.29) is 0 Å². The molecule has 5 heteroatoms. The van der Waals surface area contributed by atoms with E-state index in [0.29, 0.717) is 0 Å². The van der Waals surface area contributed by atoms with E-state index >= 15 is 0 Å². The molecule has 0 radical (unpaired) electrons. The minimum absolute atomic E-state index is 0.531. The number of carbonyl (C=O) groups is 1. The minimum atomic E-state index is -0.943. The van der Waals surface area contributed by atoms with Crippen molar-refractivity contribution in [1.82, 2.24) is 0 Å². The zero-order chi connectivity index (χ0) is 12.3. The maximum absolute atomic E-state index is 11.7. The van der Waals surface area contributed by atoms with Gasteiger partial charge in [-0.3, -0.25) is 4.84 Å². The summed E-state index contributed by atoms with van der Waals surface area (Å²) in [6, 6.07) is 0. The van der Waals surface area contributed by atoms with Gasteiger partial charge >= 0.3 is 5.97 Å². The van der Waals surface area contributed by atoms with Gasteiger partial charge in [0.05, 0.1) is 0 Å². The first kappa shape index (κ1) is 14.3. The summed E-state index contributed by atoms with van der Waals surface area (Å²) < 4.78 is 10.3. The molecule has 0 heterocycles. The van der Waals surface area contributed by atoms with Crippen LogP contribution in [0.3, 0.4) is 0 Å². The molecule has 0 bridgehead atoms. The fourth-order valence-corrected chi connectivity index (χ4v) is 0.966. The van der Waals surface area contributed by atoms with Gasteiger partial charge in [0, 0.05) is 7.11 Å². The van der Waals surface area contributed by atoms with Crippen molar-refractivity contribution in [3.63, 3.8) is 0 Å². The van der Waals surface area contributed by atoms with Crippen LogP contribution in [0.25, 0.3) is 0 Å². The normalized spacial score (nSPS) is 14.9. The molecule has 0 aromatic carbocycles. The molecule has 0 aliphatic heterocycles. The third-order valence-corrected chi connectivity index (χ3v) is 1.91. The van der Waals surface area contributed by atoms with Crippen molar-refractivity contribution < 1.29 is 19.1 Å². The van der Waals surface area contributed by atoms with Crippen LogP contribution in [-0.4, -0.2) is 30.4 Å². The first-order chi connectivity index (χ1) is 6.64. The minimum Gasteiger partial charge on any atom is -0.458 e. The maximum atomic E-state index is 11.7. The van der Waals surface area contributed by atoms with Crippen molar-refractivity contribution in [2.24, 2.45) is 5.90 Å². The highest BCUT2D eigenvalue weighted by Gasteiger charge is 2.39. The van der Waals surface area contributed by atoms with E-state index in [2.05, 4.69) is 4.84 Å². The van der Waals surface area contributed by atoms with Gasteiger partial charge in [0.2, 0.25) is 6.10 Å². The van der Waals surface area contributed by atoms with Crippen LogP contribution in [0.2, 0.25) is 0 Å². The number of esters is 1. The monoisotopic (exact) mass is 219 g/mol. The second-order valence-corrected chi connectivity index (χ2v) is 4.86. The molecule has 0 aromatic rings. The van der Waals surface area contributed by atoms with Gasteiger partial charge in [-0.15, -0.1) is 0 Å². The van der Waals surface area contributed by atoms with Crippen LogP contribution in [0.5, 0.6) is 0 Å². The highest BCUT2D eigenvalue weighted by Crippen LogP contribution is 2.19. The second-order valence-electron chi connectivity index (χ2n) is 4.86. The van der Waals surface area contributed by atoms with Gasteiger partial charge < -0.3 is 9.47 Å². The molecule has 0 spiro atoms. The number of ether oxygens (including phenoxy) is 2. The molecular weight excluding hydrogens is 198 g/mol. The van der Waals surface area contributed by atoms with Gasteiger partial charge in [0.25, 0.3) is 0 Å². The average molecular weight is 219 g/mol. The van der Waals surface area contributed by atoms with E-state index in [1.807, 2.05) is 0 Å². The SMILES string of the molecule is COC(C)(C)[C@@H](ON)C(=O)OC(C)(C)C. The van der Waals surface area contributed by atoms with Crippen molar-refractivity contribution in [2.75, 3.05) is 7.11 Å². The molecule has 0 aliphatic carbocycles. The molecule has 90 valence electrons. The molecule has 2 N–H and O–H groups in total. The predicted molar refractivity (Wildman–Crippen MR) is 56.0 cm³/mol. The molecule has 0 fully saturated rings. The van der Waals surface area contributed by atoms with Crippen LogP contribution >= 0.6 is 0 Å². The highest BCUT2D eigenvalue weighted by molar-refractivity contribution is 5.76. The Kier molecular flexibility index (Phi) is 4.70. The highest BCUT2D eigenvalue weighted by atomic mass is 16.7. The fraction of sp³-hybridized carbons (Fsp3) is 0.900. The summed E-state index contributed by atoms with van der Waals surface area (Å²) >= 11 is 0. The van der Waals surface area contributed by atoms with Gasteiger partial charge in [-0.25, -0.2) is 10.7 Å². The van der Waals surface area contributed by atoms with E-state index in [1.165, 1.54) is 7.11 Å². The summed E-state index contributed by atoms with van der Waals surface area (Å²) in [6.07, 6.45) is -0.943. The van der Waals surface area contributed by atoms with Crippen molar-refractivity contribution >= 4 is 5.97 Å². The number of rotatable bonds is 4. The molecule has 0 amide bonds. The first-order valence-corrected chi connectivity index (χ1v) is 4.77. The average Bonchev–Trinajstić information content (AvgIpc) is 2.01. The number of hydrogen-bond donors (Lipinski definition) is 1. The zero-order valence-corrected chi connectivity index (χ0v) is 10.3. The quantitative estimate of drug-likeness (QED) is 0.564. The predicted octanol–water partition coefficient (Wildman–Crippen LogP) is 1.01. The largest absolute Gasteiger partial charge is 0.458 e. The lowest BCUT2D eigenvalue weighted by Crippen LogP contribution is -2.49. The Morgan fingerprint density at radius 1 is 1.20 bits per heavy atom. The van der Waals surface area contributed by atoms with Crippen LogP contribution < -0.4 is 5.90 Å². The number of carbonyl (C=O) groups excluding carboxylic acids is 1. The van der Waals surface area contributed by atoms with Gasteiger partial charge in [0.15, 0.2) is 0 Å².